The molecule has 2 aromatic heterocycles. The lowest BCUT2D eigenvalue weighted by atomic mass is 10.1. The second-order valence-corrected chi connectivity index (χ2v) is 6.51. The smallest absolute Gasteiger partial charge is 0.387 e. The van der Waals surface area contributed by atoms with Crippen LogP contribution in [0.1, 0.15) is 11.4 Å². The number of nitrogens with zero attached hydrogens (tertiary/aromatic N) is 4. The van der Waals surface area contributed by atoms with Crippen LogP contribution in [0.3, 0.4) is 0 Å². The van der Waals surface area contributed by atoms with Gasteiger partial charge in [-0.15, -0.1) is 0 Å². The Bertz CT molecular complexity index is 1130. The maximum atomic E-state index is 12.7. The molecule has 0 amide bonds. The van der Waals surface area contributed by atoms with Crippen molar-refractivity contribution in [2.75, 3.05) is 0 Å². The summed E-state index contributed by atoms with van der Waals surface area (Å²) in [6.07, 6.45) is 3.30. The lowest BCUT2D eigenvalue weighted by Crippen LogP contribution is -2.08. The van der Waals surface area contributed by atoms with Gasteiger partial charge in [-0.05, 0) is 42.3 Å². The first-order chi connectivity index (χ1) is 13.5. The van der Waals surface area contributed by atoms with Crippen molar-refractivity contribution in [1.29, 1.82) is 0 Å². The van der Waals surface area contributed by atoms with E-state index in [9.17, 15) is 8.78 Å². The molecule has 5 nitrogen and oxygen atoms in total. The number of fused-ring (bicyclic) bond motifs is 1. The monoisotopic (exact) mass is 400 g/mol. The van der Waals surface area contributed by atoms with Crippen LogP contribution in [0.4, 0.5) is 8.78 Å². The highest BCUT2D eigenvalue weighted by atomic mass is 35.5. The van der Waals surface area contributed by atoms with E-state index in [4.69, 9.17) is 11.6 Å². The first-order valence-electron chi connectivity index (χ1n) is 8.49. The van der Waals surface area contributed by atoms with E-state index in [2.05, 4.69) is 19.7 Å². The van der Waals surface area contributed by atoms with Crippen LogP contribution in [0.5, 0.6) is 5.75 Å². The molecule has 0 aliphatic heterocycles. The van der Waals surface area contributed by atoms with Crippen molar-refractivity contribution in [1.82, 2.24) is 19.5 Å². The van der Waals surface area contributed by atoms with Crippen LogP contribution in [0, 0.1) is 6.92 Å². The van der Waals surface area contributed by atoms with Gasteiger partial charge in [0.15, 0.2) is 0 Å². The Labute approximate surface area is 164 Å². The van der Waals surface area contributed by atoms with Gasteiger partial charge in [-0.3, -0.25) is 0 Å². The van der Waals surface area contributed by atoms with Crippen LogP contribution in [0.25, 0.3) is 22.2 Å². The molecule has 4 aromatic rings. The molecule has 2 aromatic carbocycles. The van der Waals surface area contributed by atoms with E-state index in [-0.39, 0.29) is 11.0 Å². The molecule has 0 fully saturated rings. The number of hydrogen-bond acceptors (Lipinski definition) is 4. The average molecular weight is 401 g/mol. The van der Waals surface area contributed by atoms with Gasteiger partial charge in [0.2, 0.25) is 5.28 Å². The standard InChI is InChI=1S/C20H15ClF2N4O/c1-12-26-16-7-6-13(15-9-24-19(21)25-10-15)8-17(16)27(12)11-14-4-2-3-5-18(14)28-20(22)23/h2-10,20H,11H2,1H3. The number of imidazole rings is 1. The molecule has 2 heterocycles. The van der Waals surface area contributed by atoms with E-state index < -0.39 is 6.61 Å². The SMILES string of the molecule is Cc1nc2ccc(-c3cnc(Cl)nc3)cc2n1Cc1ccccc1OC(F)F. The van der Waals surface area contributed by atoms with Gasteiger partial charge >= 0.3 is 6.61 Å². The van der Waals surface area contributed by atoms with Crippen LogP contribution in [0.15, 0.2) is 54.9 Å². The van der Waals surface area contributed by atoms with Crippen LogP contribution in [-0.2, 0) is 6.54 Å². The quantitative estimate of drug-likeness (QED) is 0.437. The molecule has 142 valence electrons. The Morgan fingerprint density at radius 3 is 2.57 bits per heavy atom. The van der Waals surface area contributed by atoms with E-state index in [0.29, 0.717) is 12.1 Å². The second kappa shape index (κ2) is 7.52. The number of para-hydroxylation sites is 1. The average Bonchev–Trinajstić information content (AvgIpc) is 2.98. The predicted octanol–water partition coefficient (Wildman–Crippen LogP) is 5.10. The number of aromatic nitrogens is 4. The molecular weight excluding hydrogens is 386 g/mol. The highest BCUT2D eigenvalue weighted by molar-refractivity contribution is 6.28. The van der Waals surface area contributed by atoms with Crippen molar-refractivity contribution in [3.63, 3.8) is 0 Å². The summed E-state index contributed by atoms with van der Waals surface area (Å²) in [6, 6.07) is 12.6. The number of aryl methyl sites for hydroxylation is 1. The van der Waals surface area contributed by atoms with Gasteiger partial charge in [0.25, 0.3) is 0 Å². The molecule has 28 heavy (non-hydrogen) atoms. The van der Waals surface area contributed by atoms with E-state index in [0.717, 1.165) is 28.0 Å². The predicted molar refractivity (Wildman–Crippen MR) is 103 cm³/mol. The zero-order valence-corrected chi connectivity index (χ0v) is 15.6. The van der Waals surface area contributed by atoms with Crippen molar-refractivity contribution < 1.29 is 13.5 Å². The van der Waals surface area contributed by atoms with Crippen molar-refractivity contribution in [3.05, 3.63) is 71.5 Å². The van der Waals surface area contributed by atoms with E-state index in [1.54, 1.807) is 30.6 Å². The fourth-order valence-corrected chi connectivity index (χ4v) is 3.20. The number of alkyl halides is 2. The van der Waals surface area contributed by atoms with Crippen LogP contribution in [0.2, 0.25) is 5.28 Å². The summed E-state index contributed by atoms with van der Waals surface area (Å²) in [5, 5.41) is 0.182. The van der Waals surface area contributed by atoms with E-state index in [1.807, 2.05) is 29.7 Å². The molecule has 0 N–H and O–H groups in total. The molecule has 0 aliphatic carbocycles. The van der Waals surface area contributed by atoms with Gasteiger partial charge in [-0.2, -0.15) is 8.78 Å². The third kappa shape index (κ3) is 3.66. The molecule has 0 saturated heterocycles. The van der Waals surface area contributed by atoms with Gasteiger partial charge < -0.3 is 9.30 Å². The van der Waals surface area contributed by atoms with Gasteiger partial charge in [0.1, 0.15) is 11.6 Å². The topological polar surface area (TPSA) is 52.8 Å². The number of rotatable bonds is 5. The minimum absolute atomic E-state index is 0.154. The first kappa shape index (κ1) is 18.3. The van der Waals surface area contributed by atoms with Crippen molar-refractivity contribution in [3.8, 4) is 16.9 Å². The Kier molecular flexibility index (Phi) is 4.92. The Balaban J connectivity index is 1.76. The van der Waals surface area contributed by atoms with Gasteiger partial charge in [0, 0.05) is 23.5 Å². The minimum atomic E-state index is -2.88. The Hall–Kier alpha value is -3.06. The Morgan fingerprint density at radius 2 is 1.82 bits per heavy atom. The number of hydrogen-bond donors (Lipinski definition) is 0. The number of halogens is 3. The summed E-state index contributed by atoms with van der Waals surface area (Å²) < 4.78 is 32.1. The minimum Gasteiger partial charge on any atom is -0.434 e. The summed E-state index contributed by atoms with van der Waals surface area (Å²) in [5.41, 5.74) is 4.05. The first-order valence-corrected chi connectivity index (χ1v) is 8.86. The zero-order valence-electron chi connectivity index (χ0n) is 14.8. The molecule has 0 saturated carbocycles. The maximum Gasteiger partial charge on any atom is 0.387 e. The van der Waals surface area contributed by atoms with Crippen molar-refractivity contribution in [2.45, 2.75) is 20.1 Å². The highest BCUT2D eigenvalue weighted by Crippen LogP contribution is 2.27. The molecule has 0 bridgehead atoms. The lowest BCUT2D eigenvalue weighted by Gasteiger charge is -2.13. The molecule has 0 spiro atoms. The van der Waals surface area contributed by atoms with Gasteiger partial charge in [-0.1, -0.05) is 24.3 Å². The number of benzene rings is 2. The maximum absolute atomic E-state index is 12.7. The molecule has 0 atom stereocenters. The van der Waals surface area contributed by atoms with Crippen LogP contribution in [-0.4, -0.2) is 26.1 Å². The summed E-state index contributed by atoms with van der Waals surface area (Å²) in [6.45, 7) is -0.647. The van der Waals surface area contributed by atoms with E-state index in [1.165, 1.54) is 6.07 Å². The number of ether oxygens (including phenoxy) is 1. The molecule has 8 heteroatoms. The molecule has 0 aliphatic rings. The normalized spacial score (nSPS) is 11.3. The summed E-state index contributed by atoms with van der Waals surface area (Å²) in [7, 11) is 0. The zero-order chi connectivity index (χ0) is 19.7. The fourth-order valence-electron chi connectivity index (χ4n) is 3.10. The van der Waals surface area contributed by atoms with Crippen LogP contribution < -0.4 is 4.74 Å². The molecular formula is C20H15ClF2N4O. The third-order valence-electron chi connectivity index (χ3n) is 4.41. The Morgan fingerprint density at radius 1 is 1.07 bits per heavy atom. The molecule has 0 unspecified atom stereocenters. The van der Waals surface area contributed by atoms with Gasteiger partial charge in [0.05, 0.1) is 17.6 Å². The van der Waals surface area contributed by atoms with Gasteiger partial charge in [-0.25, -0.2) is 15.0 Å². The lowest BCUT2D eigenvalue weighted by molar-refractivity contribution is -0.0504. The largest absolute Gasteiger partial charge is 0.434 e. The molecule has 0 radical (unpaired) electrons. The summed E-state index contributed by atoms with van der Waals surface area (Å²) in [5.74, 6) is 0.923. The summed E-state index contributed by atoms with van der Waals surface area (Å²) in [4.78, 5) is 12.6. The van der Waals surface area contributed by atoms with Crippen LogP contribution >= 0.6 is 11.6 Å². The highest BCUT2D eigenvalue weighted by Gasteiger charge is 2.14. The van der Waals surface area contributed by atoms with Crippen molar-refractivity contribution in [2.24, 2.45) is 0 Å². The van der Waals surface area contributed by atoms with Crippen molar-refractivity contribution >= 4 is 22.6 Å². The summed E-state index contributed by atoms with van der Waals surface area (Å²) >= 11 is 5.76. The second-order valence-electron chi connectivity index (χ2n) is 6.18. The molecule has 4 rings (SSSR count). The fraction of sp³-hybridized carbons (Fsp3) is 0.150. The third-order valence-corrected chi connectivity index (χ3v) is 4.61. The van der Waals surface area contributed by atoms with E-state index >= 15 is 0 Å².